The van der Waals surface area contributed by atoms with Crippen molar-refractivity contribution >= 4 is 28.6 Å². The van der Waals surface area contributed by atoms with Crippen LogP contribution in [0.3, 0.4) is 0 Å². The van der Waals surface area contributed by atoms with E-state index in [0.717, 1.165) is 33.8 Å². The monoisotopic (exact) mass is 356 g/mol. The molecule has 5 heteroatoms. The molecule has 0 unspecified atom stereocenters. The van der Waals surface area contributed by atoms with Crippen LogP contribution in [0, 0.1) is 20.8 Å². The Bertz CT molecular complexity index is 844. The van der Waals surface area contributed by atoms with Crippen molar-refractivity contribution in [3.63, 3.8) is 0 Å². The maximum absolute atomic E-state index is 12.3. The molecule has 2 heterocycles. The molecule has 3 aromatic rings. The lowest BCUT2D eigenvalue weighted by Gasteiger charge is -2.06. The average molecular weight is 357 g/mol. The summed E-state index contributed by atoms with van der Waals surface area (Å²) in [6.45, 7) is 6.68. The maximum atomic E-state index is 12.3. The van der Waals surface area contributed by atoms with E-state index in [-0.39, 0.29) is 5.91 Å². The summed E-state index contributed by atoms with van der Waals surface area (Å²) in [7, 11) is 0. The van der Waals surface area contributed by atoms with Crippen molar-refractivity contribution in [3.8, 4) is 10.6 Å². The van der Waals surface area contributed by atoms with Crippen LogP contribution in [0.25, 0.3) is 10.6 Å². The minimum atomic E-state index is -0.00583. The van der Waals surface area contributed by atoms with Crippen molar-refractivity contribution in [2.75, 3.05) is 6.54 Å². The molecule has 1 amide bonds. The van der Waals surface area contributed by atoms with Gasteiger partial charge < -0.3 is 5.32 Å². The van der Waals surface area contributed by atoms with Crippen molar-refractivity contribution in [2.24, 2.45) is 0 Å². The molecule has 0 fully saturated rings. The number of carbonyl (C=O) groups excluding carboxylic acids is 1. The zero-order valence-electron chi connectivity index (χ0n) is 14.1. The van der Waals surface area contributed by atoms with Crippen molar-refractivity contribution < 1.29 is 4.79 Å². The highest BCUT2D eigenvalue weighted by Crippen LogP contribution is 2.29. The number of carbonyl (C=O) groups is 1. The first-order valence-electron chi connectivity index (χ1n) is 7.89. The zero-order chi connectivity index (χ0) is 17.1. The van der Waals surface area contributed by atoms with Gasteiger partial charge in [-0.05, 0) is 51.5 Å². The van der Waals surface area contributed by atoms with Gasteiger partial charge >= 0.3 is 0 Å². The van der Waals surface area contributed by atoms with Gasteiger partial charge in [-0.1, -0.05) is 17.2 Å². The number of nitrogens with zero attached hydrogens (tertiary/aromatic N) is 1. The Morgan fingerprint density at radius 1 is 1.12 bits per heavy atom. The number of amides is 1. The van der Waals surface area contributed by atoms with Crippen LogP contribution < -0.4 is 5.32 Å². The molecule has 1 N–H and O–H groups in total. The second-order valence-electron chi connectivity index (χ2n) is 5.90. The molecule has 2 aromatic heterocycles. The van der Waals surface area contributed by atoms with Crippen LogP contribution in [0.2, 0.25) is 0 Å². The number of hydrogen-bond donors (Lipinski definition) is 1. The van der Waals surface area contributed by atoms with E-state index in [1.54, 1.807) is 22.7 Å². The van der Waals surface area contributed by atoms with Gasteiger partial charge in [-0.2, -0.15) is 0 Å². The van der Waals surface area contributed by atoms with Gasteiger partial charge in [-0.15, -0.1) is 22.7 Å². The van der Waals surface area contributed by atoms with Gasteiger partial charge in [0.1, 0.15) is 0 Å². The van der Waals surface area contributed by atoms with E-state index in [9.17, 15) is 4.79 Å². The van der Waals surface area contributed by atoms with Gasteiger partial charge in [0, 0.05) is 22.4 Å². The molecule has 0 aliphatic carbocycles. The van der Waals surface area contributed by atoms with Gasteiger partial charge in [0.05, 0.1) is 15.6 Å². The highest BCUT2D eigenvalue weighted by molar-refractivity contribution is 7.16. The number of nitrogens with one attached hydrogen (secondary N) is 1. The number of rotatable bonds is 5. The summed E-state index contributed by atoms with van der Waals surface area (Å²) in [6.07, 6.45) is 0.838. The lowest BCUT2D eigenvalue weighted by atomic mass is 10.1. The number of benzene rings is 1. The molecule has 0 radical (unpaired) electrons. The summed E-state index contributed by atoms with van der Waals surface area (Å²) in [4.78, 5) is 19.2. The third-order valence-corrected chi connectivity index (χ3v) is 5.61. The van der Waals surface area contributed by atoms with Crippen molar-refractivity contribution in [3.05, 3.63) is 62.3 Å². The average Bonchev–Trinajstić information content (AvgIpc) is 3.15. The zero-order valence-corrected chi connectivity index (χ0v) is 15.7. The summed E-state index contributed by atoms with van der Waals surface area (Å²) in [6, 6.07) is 10.2. The fourth-order valence-corrected chi connectivity index (χ4v) is 4.29. The molecule has 0 aliphatic heterocycles. The van der Waals surface area contributed by atoms with Gasteiger partial charge in [0.2, 0.25) is 0 Å². The standard InChI is InChI=1S/C19H20N2OS2/c1-12-8-13(2)10-15(9-12)19(22)20-7-6-16-4-5-18(24-16)17-11-23-14(3)21-17/h4-5,8-11H,6-7H2,1-3H3,(H,20,22). The first-order valence-corrected chi connectivity index (χ1v) is 9.58. The number of aryl methyl sites for hydroxylation is 3. The third-order valence-electron chi connectivity index (χ3n) is 3.67. The van der Waals surface area contributed by atoms with Crippen molar-refractivity contribution in [2.45, 2.75) is 27.2 Å². The minimum absolute atomic E-state index is 0.00583. The van der Waals surface area contributed by atoms with Gasteiger partial charge in [0.25, 0.3) is 5.91 Å². The third kappa shape index (κ3) is 4.10. The van der Waals surface area contributed by atoms with Crippen LogP contribution in [-0.4, -0.2) is 17.4 Å². The number of thiophene rings is 1. The number of hydrogen-bond acceptors (Lipinski definition) is 4. The minimum Gasteiger partial charge on any atom is -0.352 e. The lowest BCUT2D eigenvalue weighted by Crippen LogP contribution is -2.25. The summed E-state index contributed by atoms with van der Waals surface area (Å²) >= 11 is 3.41. The lowest BCUT2D eigenvalue weighted by molar-refractivity contribution is 0.0954. The molecule has 0 atom stereocenters. The van der Waals surface area contributed by atoms with Gasteiger partial charge in [0.15, 0.2) is 0 Å². The number of thiazole rings is 1. The van der Waals surface area contributed by atoms with Crippen molar-refractivity contribution in [1.29, 1.82) is 0 Å². The predicted molar refractivity (Wildman–Crippen MR) is 102 cm³/mol. The summed E-state index contributed by atoms with van der Waals surface area (Å²) in [5, 5.41) is 6.18. The van der Waals surface area contributed by atoms with Crippen LogP contribution in [-0.2, 0) is 6.42 Å². The van der Waals surface area contributed by atoms with Crippen LogP contribution in [0.15, 0.2) is 35.7 Å². The van der Waals surface area contributed by atoms with Gasteiger partial charge in [-0.25, -0.2) is 4.98 Å². The summed E-state index contributed by atoms with van der Waals surface area (Å²) in [5.74, 6) is -0.00583. The number of aromatic nitrogens is 1. The fourth-order valence-electron chi connectivity index (χ4n) is 2.63. The molecule has 3 nitrogen and oxygen atoms in total. The van der Waals surface area contributed by atoms with Crippen LogP contribution in [0.4, 0.5) is 0 Å². The van der Waals surface area contributed by atoms with E-state index >= 15 is 0 Å². The Balaban J connectivity index is 1.56. The Hall–Kier alpha value is -1.98. The van der Waals surface area contributed by atoms with E-state index in [0.29, 0.717) is 6.54 Å². The Morgan fingerprint density at radius 3 is 2.54 bits per heavy atom. The van der Waals surface area contributed by atoms with Crippen LogP contribution >= 0.6 is 22.7 Å². The van der Waals surface area contributed by atoms with E-state index in [1.165, 1.54) is 9.75 Å². The molecule has 0 aliphatic rings. The van der Waals surface area contributed by atoms with E-state index in [4.69, 9.17) is 0 Å². The van der Waals surface area contributed by atoms with Gasteiger partial charge in [-0.3, -0.25) is 4.79 Å². The molecule has 3 rings (SSSR count). The summed E-state index contributed by atoms with van der Waals surface area (Å²) in [5.41, 5.74) is 4.01. The second kappa shape index (κ2) is 7.28. The second-order valence-corrected chi connectivity index (χ2v) is 8.13. The molecule has 24 heavy (non-hydrogen) atoms. The molecule has 0 bridgehead atoms. The predicted octanol–water partition coefficient (Wildman–Crippen LogP) is 4.77. The molecule has 0 saturated carbocycles. The smallest absolute Gasteiger partial charge is 0.251 e. The van der Waals surface area contributed by atoms with E-state index in [1.807, 2.05) is 32.9 Å². The SMILES string of the molecule is Cc1cc(C)cc(C(=O)NCCc2ccc(-c3csc(C)n3)s2)c1. The molecule has 124 valence electrons. The molecule has 0 spiro atoms. The van der Waals surface area contributed by atoms with Crippen molar-refractivity contribution in [1.82, 2.24) is 10.3 Å². The van der Waals surface area contributed by atoms with Crippen LogP contribution in [0.1, 0.15) is 31.4 Å². The Kier molecular flexibility index (Phi) is 5.11. The molecule has 1 aromatic carbocycles. The topological polar surface area (TPSA) is 42.0 Å². The normalized spacial score (nSPS) is 10.8. The van der Waals surface area contributed by atoms with E-state index in [2.05, 4.69) is 33.9 Å². The summed E-state index contributed by atoms with van der Waals surface area (Å²) < 4.78 is 0. The van der Waals surface area contributed by atoms with E-state index < -0.39 is 0 Å². The van der Waals surface area contributed by atoms with Crippen LogP contribution in [0.5, 0.6) is 0 Å². The first kappa shape index (κ1) is 16.9. The molecular formula is C19H20N2OS2. The molecular weight excluding hydrogens is 336 g/mol. The maximum Gasteiger partial charge on any atom is 0.251 e. The molecule has 0 saturated heterocycles. The first-order chi connectivity index (χ1) is 11.5. The quantitative estimate of drug-likeness (QED) is 0.715. The fraction of sp³-hybridized carbons (Fsp3) is 0.263. The highest BCUT2D eigenvalue weighted by Gasteiger charge is 2.08. The highest BCUT2D eigenvalue weighted by atomic mass is 32.1. The largest absolute Gasteiger partial charge is 0.352 e. The Labute approximate surface area is 150 Å². The Morgan fingerprint density at radius 2 is 1.88 bits per heavy atom.